The number of aliphatic hydroxyl groups excluding tert-OH is 1. The summed E-state index contributed by atoms with van der Waals surface area (Å²) in [5.41, 5.74) is 3.97. The molecule has 182 valence electrons. The molecule has 3 aromatic rings. The summed E-state index contributed by atoms with van der Waals surface area (Å²) < 4.78 is 13.8. The fourth-order valence-corrected chi connectivity index (χ4v) is 3.83. The second-order valence-electron chi connectivity index (χ2n) is 8.70. The Bertz CT molecular complexity index is 1050. The van der Waals surface area contributed by atoms with E-state index < -0.39 is 6.10 Å². The van der Waals surface area contributed by atoms with Gasteiger partial charge in [-0.1, -0.05) is 43.3 Å². The number of ether oxygens (including phenoxy) is 2. The smallest absolute Gasteiger partial charge is 0.227 e. The lowest BCUT2D eigenvalue weighted by atomic mass is 10.1. The molecule has 34 heavy (non-hydrogen) atoms. The van der Waals surface area contributed by atoms with Gasteiger partial charge in [0.1, 0.15) is 5.75 Å². The van der Waals surface area contributed by atoms with E-state index in [1.54, 1.807) is 6.08 Å². The molecule has 0 aliphatic carbocycles. The van der Waals surface area contributed by atoms with Crippen LogP contribution in [0.4, 0.5) is 0 Å². The van der Waals surface area contributed by atoms with E-state index in [9.17, 15) is 5.11 Å². The van der Waals surface area contributed by atoms with Crippen LogP contribution >= 0.6 is 0 Å². The Balaban J connectivity index is 1.96. The number of hydrogen-bond acceptors (Lipinski definition) is 5. The maximum Gasteiger partial charge on any atom is 0.227 e. The van der Waals surface area contributed by atoms with Crippen LogP contribution in [0, 0.1) is 13.8 Å². The minimum Gasteiger partial charge on any atom is -0.439 e. The van der Waals surface area contributed by atoms with E-state index >= 15 is 0 Å². The average molecular weight is 464 g/mol. The van der Waals surface area contributed by atoms with Gasteiger partial charge in [0, 0.05) is 19.1 Å². The average Bonchev–Trinajstić information content (AvgIpc) is 3.13. The van der Waals surface area contributed by atoms with Gasteiger partial charge in [-0.05, 0) is 57.0 Å². The van der Waals surface area contributed by atoms with Crippen molar-refractivity contribution >= 4 is 0 Å². The molecule has 1 aromatic heterocycles. The molecule has 2 aromatic carbocycles. The van der Waals surface area contributed by atoms with E-state index in [1.807, 2.05) is 73.1 Å². The Hall–Kier alpha value is -2.93. The summed E-state index contributed by atoms with van der Waals surface area (Å²) in [5, 5.41) is 15.4. The first-order valence-corrected chi connectivity index (χ1v) is 11.9. The lowest BCUT2D eigenvalue weighted by molar-refractivity contribution is 0.0155. The topological polar surface area (TPSA) is 59.8 Å². The number of aromatic nitrogens is 2. The van der Waals surface area contributed by atoms with Crippen molar-refractivity contribution in [2.24, 2.45) is 0 Å². The van der Waals surface area contributed by atoms with Crippen LogP contribution in [0.5, 0.6) is 11.6 Å². The fourth-order valence-electron chi connectivity index (χ4n) is 3.83. The zero-order valence-corrected chi connectivity index (χ0v) is 20.8. The first-order valence-electron chi connectivity index (χ1n) is 11.9. The zero-order chi connectivity index (χ0) is 24.5. The maximum absolute atomic E-state index is 10.6. The van der Waals surface area contributed by atoms with Gasteiger partial charge < -0.3 is 14.6 Å². The van der Waals surface area contributed by atoms with Crippen LogP contribution in [0.15, 0.2) is 67.3 Å². The highest BCUT2D eigenvalue weighted by Gasteiger charge is 2.24. The van der Waals surface area contributed by atoms with Crippen LogP contribution < -0.4 is 4.74 Å². The van der Waals surface area contributed by atoms with Gasteiger partial charge in [0.2, 0.25) is 5.88 Å². The summed E-state index contributed by atoms with van der Waals surface area (Å²) >= 11 is 0. The molecule has 0 radical (unpaired) electrons. The highest BCUT2D eigenvalue weighted by Crippen LogP contribution is 2.32. The molecule has 0 amide bonds. The van der Waals surface area contributed by atoms with Gasteiger partial charge in [-0.2, -0.15) is 5.10 Å². The normalized spacial score (nSPS) is 13.1. The number of aliphatic hydroxyl groups is 1. The molecular weight excluding hydrogens is 426 g/mol. The quantitative estimate of drug-likeness (QED) is 0.270. The predicted molar refractivity (Wildman–Crippen MR) is 137 cm³/mol. The van der Waals surface area contributed by atoms with Crippen LogP contribution in [0.3, 0.4) is 0 Å². The molecule has 1 heterocycles. The number of nitrogens with zero attached hydrogens (tertiary/aromatic N) is 3. The zero-order valence-electron chi connectivity index (χ0n) is 20.8. The van der Waals surface area contributed by atoms with Crippen molar-refractivity contribution in [2.75, 3.05) is 19.8 Å². The molecule has 0 aliphatic heterocycles. The molecule has 2 atom stereocenters. The minimum atomic E-state index is -0.598. The van der Waals surface area contributed by atoms with Gasteiger partial charge in [-0.15, -0.1) is 6.58 Å². The molecule has 0 unspecified atom stereocenters. The third-order valence-electron chi connectivity index (χ3n) is 5.91. The summed E-state index contributed by atoms with van der Waals surface area (Å²) in [7, 11) is 0. The Kier molecular flexibility index (Phi) is 9.45. The minimum absolute atomic E-state index is 0.264. The van der Waals surface area contributed by atoms with E-state index in [0.717, 1.165) is 34.7 Å². The Morgan fingerprint density at radius 3 is 2.59 bits per heavy atom. The molecule has 6 nitrogen and oxygen atoms in total. The first-order chi connectivity index (χ1) is 16.4. The molecule has 0 aliphatic rings. The Labute approximate surface area is 203 Å². The summed E-state index contributed by atoms with van der Waals surface area (Å²) in [6.07, 6.45) is 2.05. The molecule has 0 bridgehead atoms. The summed E-state index contributed by atoms with van der Waals surface area (Å²) in [5.74, 6) is 1.46. The second-order valence-corrected chi connectivity index (χ2v) is 8.70. The summed E-state index contributed by atoms with van der Waals surface area (Å²) in [6, 6.07) is 18.3. The van der Waals surface area contributed by atoms with Crippen LogP contribution in [-0.2, 0) is 11.3 Å². The van der Waals surface area contributed by atoms with Crippen molar-refractivity contribution in [1.82, 2.24) is 14.7 Å². The first kappa shape index (κ1) is 25.7. The van der Waals surface area contributed by atoms with E-state index in [2.05, 4.69) is 25.3 Å². The van der Waals surface area contributed by atoms with Gasteiger partial charge in [-0.25, -0.2) is 4.68 Å². The predicted octanol–water partition coefficient (Wildman–Crippen LogP) is 5.45. The van der Waals surface area contributed by atoms with E-state index in [0.29, 0.717) is 25.6 Å². The van der Waals surface area contributed by atoms with E-state index in [4.69, 9.17) is 14.6 Å². The van der Waals surface area contributed by atoms with E-state index in [1.165, 1.54) is 0 Å². The van der Waals surface area contributed by atoms with Crippen molar-refractivity contribution in [3.05, 3.63) is 84.1 Å². The molecule has 0 saturated heterocycles. The number of benzene rings is 2. The Morgan fingerprint density at radius 1 is 1.15 bits per heavy atom. The van der Waals surface area contributed by atoms with Gasteiger partial charge in [0.15, 0.2) is 0 Å². The Morgan fingerprint density at radius 2 is 1.91 bits per heavy atom. The monoisotopic (exact) mass is 463 g/mol. The lowest BCUT2D eigenvalue weighted by Gasteiger charge is -2.30. The van der Waals surface area contributed by atoms with Crippen LogP contribution in [0.25, 0.3) is 5.69 Å². The van der Waals surface area contributed by atoms with Gasteiger partial charge in [0.25, 0.3) is 0 Å². The number of para-hydroxylation sites is 1. The van der Waals surface area contributed by atoms with Gasteiger partial charge in [-0.3, -0.25) is 4.90 Å². The van der Waals surface area contributed by atoms with Crippen LogP contribution in [0.1, 0.15) is 37.1 Å². The van der Waals surface area contributed by atoms with Crippen molar-refractivity contribution < 1.29 is 14.6 Å². The van der Waals surface area contributed by atoms with Crippen molar-refractivity contribution in [3.63, 3.8) is 0 Å². The van der Waals surface area contributed by atoms with Crippen molar-refractivity contribution in [3.8, 4) is 17.3 Å². The van der Waals surface area contributed by atoms with Crippen molar-refractivity contribution in [1.29, 1.82) is 0 Å². The lowest BCUT2D eigenvalue weighted by Crippen LogP contribution is -2.40. The highest BCUT2D eigenvalue weighted by molar-refractivity contribution is 5.43. The molecule has 3 rings (SSSR count). The van der Waals surface area contributed by atoms with Gasteiger partial charge >= 0.3 is 0 Å². The van der Waals surface area contributed by atoms with E-state index in [-0.39, 0.29) is 12.6 Å². The molecule has 0 saturated carbocycles. The van der Waals surface area contributed by atoms with Crippen LogP contribution in [0.2, 0.25) is 0 Å². The number of hydrogen-bond donors (Lipinski definition) is 1. The third-order valence-corrected chi connectivity index (χ3v) is 5.91. The summed E-state index contributed by atoms with van der Waals surface area (Å²) in [6.45, 7) is 13.8. The SMILES string of the molecule is C=CCOC[C@H](O)CN(Cc1c(C)nn(-c2ccccc2)c1Oc1cccc(C)c1)[C@H](C)CC. The standard InChI is InChI=1S/C28H37N3O3/c1-6-16-33-20-25(32)18-30(22(4)7-2)19-27-23(5)29-31(24-13-9-8-10-14-24)28(27)34-26-15-11-12-21(3)17-26/h6,8-15,17,22,25,32H,1,7,16,18-20H2,2-5H3/t22-,25-/m1/s1. The highest BCUT2D eigenvalue weighted by atomic mass is 16.5. The number of aryl methyl sites for hydroxylation is 2. The fraction of sp³-hybridized carbons (Fsp3) is 0.393. The molecular formula is C28H37N3O3. The largest absolute Gasteiger partial charge is 0.439 e. The second kappa shape index (κ2) is 12.5. The summed E-state index contributed by atoms with van der Waals surface area (Å²) in [4.78, 5) is 2.27. The molecule has 6 heteroatoms. The molecule has 1 N–H and O–H groups in total. The maximum atomic E-state index is 10.6. The molecule has 0 spiro atoms. The van der Waals surface area contributed by atoms with Crippen LogP contribution in [-0.4, -0.2) is 51.7 Å². The molecule has 0 fully saturated rings. The van der Waals surface area contributed by atoms with Gasteiger partial charge in [0.05, 0.1) is 36.3 Å². The third kappa shape index (κ3) is 6.79. The van der Waals surface area contributed by atoms with Crippen molar-refractivity contribution in [2.45, 2.75) is 52.8 Å². The number of rotatable bonds is 13.